The summed E-state index contributed by atoms with van der Waals surface area (Å²) in [6.45, 7) is 1.51. The molecule has 0 spiro atoms. The lowest BCUT2D eigenvalue weighted by Crippen LogP contribution is -2.05. The lowest BCUT2D eigenvalue weighted by molar-refractivity contribution is -0.120. The quantitative estimate of drug-likeness (QED) is 0.568. The van der Waals surface area contributed by atoms with Gasteiger partial charge >= 0.3 is 0 Å². The molecule has 0 aliphatic carbocycles. The van der Waals surface area contributed by atoms with E-state index in [0.29, 0.717) is 29.6 Å². The van der Waals surface area contributed by atoms with E-state index in [1.165, 1.54) is 6.07 Å². The summed E-state index contributed by atoms with van der Waals surface area (Å²) in [6, 6.07) is 4.85. The second-order valence-corrected chi connectivity index (χ2v) is 3.51. The second-order valence-electron chi connectivity index (χ2n) is 3.07. The van der Waals surface area contributed by atoms with E-state index in [1.54, 1.807) is 12.1 Å². The third kappa shape index (κ3) is 2.84. The van der Waals surface area contributed by atoms with Crippen LogP contribution in [0.25, 0.3) is 0 Å². The van der Waals surface area contributed by atoms with Crippen molar-refractivity contribution in [3.63, 3.8) is 0 Å². The Morgan fingerprint density at radius 2 is 2.33 bits per heavy atom. The summed E-state index contributed by atoms with van der Waals surface area (Å²) in [5.41, 5.74) is 0. The maximum atomic E-state index is 10.2. The minimum atomic E-state index is 0.157. The predicted molar refractivity (Wildman–Crippen MR) is 53.4 cm³/mol. The molecule has 1 aromatic carbocycles. The molecule has 1 unspecified atom stereocenters. The molecule has 5 heteroatoms. The van der Waals surface area contributed by atoms with Crippen LogP contribution in [-0.4, -0.2) is 25.8 Å². The molecule has 1 aliphatic rings. The van der Waals surface area contributed by atoms with E-state index >= 15 is 0 Å². The molecule has 4 nitrogen and oxygen atoms in total. The number of carbonyl (C=O) groups is 1. The van der Waals surface area contributed by atoms with Gasteiger partial charge in [-0.15, -0.1) is 0 Å². The minimum Gasteiger partial charge on any atom is -0.487 e. The first-order valence-electron chi connectivity index (χ1n) is 4.44. The first kappa shape index (κ1) is 10.3. The number of hydrogen-bond acceptors (Lipinski definition) is 4. The number of hydrogen-bond donors (Lipinski definition) is 0. The topological polar surface area (TPSA) is 48.1 Å². The summed E-state index contributed by atoms with van der Waals surface area (Å²) < 4.78 is 15.1. The highest BCUT2D eigenvalue weighted by molar-refractivity contribution is 6.30. The van der Waals surface area contributed by atoms with Crippen molar-refractivity contribution in [1.82, 2.24) is 0 Å². The van der Waals surface area contributed by atoms with Crippen molar-refractivity contribution >= 4 is 18.1 Å². The molecular formula is C10H9ClO4. The monoisotopic (exact) mass is 228 g/mol. The largest absolute Gasteiger partial charge is 0.487 e. The Labute approximate surface area is 91.7 Å². The minimum absolute atomic E-state index is 0.157. The van der Waals surface area contributed by atoms with Gasteiger partial charge in [-0.25, -0.2) is 0 Å². The molecule has 1 atom stereocenters. The molecule has 15 heavy (non-hydrogen) atoms. The zero-order chi connectivity index (χ0) is 10.7. The lowest BCUT2D eigenvalue weighted by Gasteiger charge is -2.08. The molecule has 0 bridgehead atoms. The fraction of sp³-hybridized carbons (Fsp3) is 0.300. The molecule has 80 valence electrons. The summed E-state index contributed by atoms with van der Waals surface area (Å²) in [5.74, 6) is 0.806. The summed E-state index contributed by atoms with van der Waals surface area (Å²) >= 11 is 5.75. The van der Waals surface area contributed by atoms with E-state index < -0.39 is 0 Å². The molecule has 1 heterocycles. The molecule has 1 aliphatic heterocycles. The molecule has 0 amide bonds. The van der Waals surface area contributed by atoms with Crippen molar-refractivity contribution in [3.8, 4) is 11.5 Å². The molecule has 0 saturated carbocycles. The smallest absolute Gasteiger partial charge is 0.298 e. The van der Waals surface area contributed by atoms with Gasteiger partial charge < -0.3 is 14.2 Å². The van der Waals surface area contributed by atoms with Crippen molar-refractivity contribution in [2.45, 2.75) is 6.10 Å². The molecule has 0 aromatic heterocycles. The lowest BCUT2D eigenvalue weighted by atomic mass is 10.3. The van der Waals surface area contributed by atoms with E-state index in [9.17, 15) is 4.79 Å². The Morgan fingerprint density at radius 1 is 1.53 bits per heavy atom. The Kier molecular flexibility index (Phi) is 3.08. The average Bonchev–Trinajstić information content (AvgIpc) is 3.01. The first-order chi connectivity index (χ1) is 7.29. The molecule has 1 fully saturated rings. The van der Waals surface area contributed by atoms with Crippen molar-refractivity contribution < 1.29 is 19.0 Å². The normalized spacial score (nSPS) is 18.3. The fourth-order valence-electron chi connectivity index (χ4n) is 1.09. The van der Waals surface area contributed by atoms with Crippen LogP contribution in [0.15, 0.2) is 18.2 Å². The molecule has 1 saturated heterocycles. The molecule has 2 rings (SSSR count). The Bertz CT molecular complexity index is 362. The summed E-state index contributed by atoms with van der Waals surface area (Å²) in [5, 5.41) is 0.488. The van der Waals surface area contributed by atoms with Crippen LogP contribution >= 0.6 is 11.6 Å². The molecular weight excluding hydrogens is 220 g/mol. The predicted octanol–water partition coefficient (Wildman–Crippen LogP) is 1.65. The number of rotatable bonds is 5. The van der Waals surface area contributed by atoms with Gasteiger partial charge in [-0.3, -0.25) is 4.79 Å². The summed E-state index contributed by atoms with van der Waals surface area (Å²) in [6.07, 6.45) is 0.157. The molecule has 0 radical (unpaired) electrons. The highest BCUT2D eigenvalue weighted by atomic mass is 35.5. The number of benzene rings is 1. The van der Waals surface area contributed by atoms with Crippen LogP contribution in [0.4, 0.5) is 0 Å². The Hall–Kier alpha value is -1.26. The summed E-state index contributed by atoms with van der Waals surface area (Å²) in [7, 11) is 0. The first-order valence-corrected chi connectivity index (χ1v) is 4.81. The Balaban J connectivity index is 2.08. The SMILES string of the molecule is O=COc1cc(Cl)ccc1OCC1CO1. The summed E-state index contributed by atoms with van der Waals surface area (Å²) in [4.78, 5) is 10.2. The third-order valence-electron chi connectivity index (χ3n) is 1.91. The van der Waals surface area contributed by atoms with Gasteiger partial charge in [0, 0.05) is 11.1 Å². The second kappa shape index (κ2) is 4.51. The Morgan fingerprint density at radius 3 is 3.00 bits per heavy atom. The van der Waals surface area contributed by atoms with Gasteiger partial charge in [0.05, 0.1) is 6.61 Å². The fourth-order valence-corrected chi connectivity index (χ4v) is 1.25. The maximum Gasteiger partial charge on any atom is 0.298 e. The molecule has 0 N–H and O–H groups in total. The highest BCUT2D eigenvalue weighted by Crippen LogP contribution is 2.30. The van der Waals surface area contributed by atoms with Gasteiger partial charge in [-0.2, -0.15) is 0 Å². The highest BCUT2D eigenvalue weighted by Gasteiger charge is 2.23. The van der Waals surface area contributed by atoms with Gasteiger partial charge in [-0.05, 0) is 12.1 Å². The van der Waals surface area contributed by atoms with Gasteiger partial charge in [0.15, 0.2) is 11.5 Å². The maximum absolute atomic E-state index is 10.2. The van der Waals surface area contributed by atoms with Crippen molar-refractivity contribution in [2.24, 2.45) is 0 Å². The van der Waals surface area contributed by atoms with Crippen LogP contribution < -0.4 is 9.47 Å². The van der Waals surface area contributed by atoms with Crippen molar-refractivity contribution in [2.75, 3.05) is 13.2 Å². The van der Waals surface area contributed by atoms with Gasteiger partial charge in [0.25, 0.3) is 6.47 Å². The average molecular weight is 229 g/mol. The number of halogens is 1. The van der Waals surface area contributed by atoms with Crippen LogP contribution in [-0.2, 0) is 9.53 Å². The van der Waals surface area contributed by atoms with Crippen LogP contribution in [0, 0.1) is 0 Å². The number of epoxide rings is 1. The standard InChI is InChI=1S/C10H9ClO4/c11-7-1-2-9(10(3-7)15-6-12)14-5-8-4-13-8/h1-3,6,8H,4-5H2. The van der Waals surface area contributed by atoms with E-state index in [0.717, 1.165) is 6.61 Å². The van der Waals surface area contributed by atoms with Gasteiger partial charge in [0.2, 0.25) is 0 Å². The van der Waals surface area contributed by atoms with Crippen molar-refractivity contribution in [1.29, 1.82) is 0 Å². The van der Waals surface area contributed by atoms with E-state index in [2.05, 4.69) is 0 Å². The van der Waals surface area contributed by atoms with Gasteiger partial charge in [0.1, 0.15) is 12.7 Å². The zero-order valence-electron chi connectivity index (χ0n) is 7.81. The van der Waals surface area contributed by atoms with E-state index in [1.807, 2.05) is 0 Å². The number of carbonyl (C=O) groups excluding carboxylic acids is 1. The van der Waals surface area contributed by atoms with E-state index in [-0.39, 0.29) is 6.10 Å². The van der Waals surface area contributed by atoms with Gasteiger partial charge in [-0.1, -0.05) is 11.6 Å². The molecule has 1 aromatic rings. The van der Waals surface area contributed by atoms with Crippen LogP contribution in [0.2, 0.25) is 5.02 Å². The van der Waals surface area contributed by atoms with Crippen molar-refractivity contribution in [3.05, 3.63) is 23.2 Å². The number of ether oxygens (including phenoxy) is 3. The zero-order valence-corrected chi connectivity index (χ0v) is 8.57. The van der Waals surface area contributed by atoms with Crippen LogP contribution in [0.3, 0.4) is 0 Å². The third-order valence-corrected chi connectivity index (χ3v) is 2.14. The van der Waals surface area contributed by atoms with Crippen LogP contribution in [0.1, 0.15) is 0 Å². The van der Waals surface area contributed by atoms with E-state index in [4.69, 9.17) is 25.8 Å². The van der Waals surface area contributed by atoms with Crippen LogP contribution in [0.5, 0.6) is 11.5 Å².